The molecule has 0 bridgehead atoms. The lowest BCUT2D eigenvalue weighted by Crippen LogP contribution is -2.13. The maximum Gasteiger partial charge on any atom is 0.362 e. The maximum atomic E-state index is 14.0. The van der Waals surface area contributed by atoms with E-state index in [0.29, 0.717) is 0 Å². The van der Waals surface area contributed by atoms with Crippen LogP contribution in [0.4, 0.5) is 4.39 Å². The molecule has 25 heavy (non-hydrogen) atoms. The Morgan fingerprint density at radius 3 is 2.64 bits per heavy atom. The van der Waals surface area contributed by atoms with Crippen molar-refractivity contribution in [3.63, 3.8) is 0 Å². The molecule has 136 valence electrons. The molecular weight excluding hydrogens is 354 g/mol. The molecule has 0 saturated carbocycles. The van der Waals surface area contributed by atoms with Crippen molar-refractivity contribution in [2.24, 2.45) is 0 Å². The van der Waals surface area contributed by atoms with Gasteiger partial charge in [-0.2, -0.15) is 0 Å². The number of benzene rings is 1. The molecule has 1 aromatic rings. The molecule has 0 radical (unpaired) electrons. The van der Waals surface area contributed by atoms with Crippen LogP contribution >= 0.6 is 7.60 Å². The van der Waals surface area contributed by atoms with Gasteiger partial charge in [-0.25, -0.2) is 9.18 Å². The van der Waals surface area contributed by atoms with E-state index in [2.05, 4.69) is 9.47 Å². The number of halogens is 1. The minimum Gasteiger partial charge on any atom is -0.469 e. The number of hydrogen-bond acceptors (Lipinski definition) is 7. The van der Waals surface area contributed by atoms with E-state index < -0.39 is 31.5 Å². The first kappa shape index (κ1) is 19.3. The lowest BCUT2D eigenvalue weighted by molar-refractivity contribution is -0.142. The fraction of sp³-hybridized carbons (Fsp3) is 0.375. The lowest BCUT2D eigenvalue weighted by Gasteiger charge is -2.14. The van der Waals surface area contributed by atoms with Gasteiger partial charge in [0.25, 0.3) is 0 Å². The highest BCUT2D eigenvalue weighted by Crippen LogP contribution is 2.59. The van der Waals surface area contributed by atoms with Gasteiger partial charge in [0.05, 0.1) is 32.6 Å². The van der Waals surface area contributed by atoms with Crippen LogP contribution in [0.2, 0.25) is 0 Å². The SMILES string of the molecule is CCOP1(=O)OC(CC(=O)OC)c2cc(F)cc(C=CC(=O)OC)c21. The van der Waals surface area contributed by atoms with E-state index in [-0.39, 0.29) is 29.5 Å². The number of carbonyl (C=O) groups excluding carboxylic acids is 2. The number of carbonyl (C=O) groups is 2. The summed E-state index contributed by atoms with van der Waals surface area (Å²) in [5.41, 5.74) is 0.385. The Kier molecular flexibility index (Phi) is 6.11. The molecule has 2 atom stereocenters. The molecule has 0 aliphatic carbocycles. The highest BCUT2D eigenvalue weighted by atomic mass is 31.2. The average molecular weight is 372 g/mol. The summed E-state index contributed by atoms with van der Waals surface area (Å²) >= 11 is 0. The van der Waals surface area contributed by atoms with Gasteiger partial charge in [-0.05, 0) is 30.7 Å². The van der Waals surface area contributed by atoms with Crippen LogP contribution in [0.5, 0.6) is 0 Å². The highest BCUT2D eigenvalue weighted by Gasteiger charge is 2.45. The molecule has 2 rings (SSSR count). The van der Waals surface area contributed by atoms with Crippen molar-refractivity contribution in [2.75, 3.05) is 20.8 Å². The number of fused-ring (bicyclic) bond motifs is 1. The molecule has 0 N–H and O–H groups in total. The monoisotopic (exact) mass is 372 g/mol. The molecule has 0 amide bonds. The van der Waals surface area contributed by atoms with E-state index in [1.807, 2.05) is 0 Å². The number of rotatable bonds is 6. The van der Waals surface area contributed by atoms with Crippen LogP contribution in [-0.2, 0) is 32.7 Å². The minimum atomic E-state index is -3.79. The van der Waals surface area contributed by atoms with Crippen LogP contribution in [0.1, 0.15) is 30.6 Å². The van der Waals surface area contributed by atoms with Crippen LogP contribution in [-0.4, -0.2) is 32.8 Å². The van der Waals surface area contributed by atoms with Crippen LogP contribution in [0.15, 0.2) is 18.2 Å². The number of methoxy groups -OCH3 is 2. The first-order valence-corrected chi connectivity index (χ1v) is 8.98. The van der Waals surface area contributed by atoms with Gasteiger partial charge >= 0.3 is 19.5 Å². The van der Waals surface area contributed by atoms with Crippen molar-refractivity contribution < 1.29 is 37.1 Å². The van der Waals surface area contributed by atoms with Crippen molar-refractivity contribution >= 4 is 30.9 Å². The van der Waals surface area contributed by atoms with Crippen LogP contribution < -0.4 is 5.30 Å². The zero-order valence-corrected chi connectivity index (χ0v) is 14.9. The summed E-state index contributed by atoms with van der Waals surface area (Å²) in [5.74, 6) is -1.89. The number of ether oxygens (including phenoxy) is 2. The number of esters is 2. The van der Waals surface area contributed by atoms with E-state index in [1.165, 1.54) is 20.3 Å². The minimum absolute atomic E-state index is 0.0825. The van der Waals surface area contributed by atoms with Gasteiger partial charge in [-0.15, -0.1) is 0 Å². The van der Waals surface area contributed by atoms with E-state index in [0.717, 1.165) is 18.2 Å². The van der Waals surface area contributed by atoms with Gasteiger partial charge < -0.3 is 14.0 Å². The molecule has 0 saturated heterocycles. The van der Waals surface area contributed by atoms with Gasteiger partial charge in [-0.1, -0.05) is 0 Å². The fourth-order valence-electron chi connectivity index (χ4n) is 2.48. The van der Waals surface area contributed by atoms with Crippen LogP contribution in [0.3, 0.4) is 0 Å². The molecule has 0 spiro atoms. The van der Waals surface area contributed by atoms with Gasteiger partial charge in [0.2, 0.25) is 0 Å². The Hall–Kier alpha value is -2.02. The molecule has 1 aromatic carbocycles. The van der Waals surface area contributed by atoms with Crippen LogP contribution in [0.25, 0.3) is 6.08 Å². The Labute approximate surface area is 144 Å². The van der Waals surface area contributed by atoms with Gasteiger partial charge in [-0.3, -0.25) is 13.9 Å². The van der Waals surface area contributed by atoms with Crippen molar-refractivity contribution in [1.82, 2.24) is 0 Å². The zero-order chi connectivity index (χ0) is 18.6. The smallest absolute Gasteiger partial charge is 0.362 e. The van der Waals surface area contributed by atoms with Gasteiger partial charge in [0, 0.05) is 11.6 Å². The maximum absolute atomic E-state index is 14.0. The largest absolute Gasteiger partial charge is 0.469 e. The van der Waals surface area contributed by atoms with Gasteiger partial charge in [0.1, 0.15) is 11.9 Å². The normalized spacial score (nSPS) is 22.0. The number of hydrogen-bond donors (Lipinski definition) is 0. The van der Waals surface area contributed by atoms with E-state index in [1.54, 1.807) is 6.92 Å². The summed E-state index contributed by atoms with van der Waals surface area (Å²) < 4.78 is 46.9. The van der Waals surface area contributed by atoms with Crippen molar-refractivity contribution in [2.45, 2.75) is 19.4 Å². The molecule has 2 unspecified atom stereocenters. The highest BCUT2D eigenvalue weighted by molar-refractivity contribution is 7.62. The van der Waals surface area contributed by atoms with Crippen molar-refractivity contribution in [1.29, 1.82) is 0 Å². The molecule has 9 heteroatoms. The fourth-order valence-corrected chi connectivity index (χ4v) is 4.62. The third kappa shape index (κ3) is 4.15. The Balaban J connectivity index is 2.57. The third-order valence-corrected chi connectivity index (χ3v) is 5.69. The lowest BCUT2D eigenvalue weighted by atomic mass is 10.0. The van der Waals surface area contributed by atoms with E-state index >= 15 is 0 Å². The first-order valence-electron chi connectivity index (χ1n) is 7.44. The second-order valence-corrected chi connectivity index (χ2v) is 6.99. The molecule has 0 fully saturated rings. The van der Waals surface area contributed by atoms with E-state index in [4.69, 9.17) is 9.05 Å². The standard InChI is InChI=1S/C16H18FO7P/c1-4-23-25(20)16-10(5-6-14(18)21-2)7-11(17)8-12(16)13(24-25)9-15(19)22-3/h5-8,13H,4,9H2,1-3H3. The van der Waals surface area contributed by atoms with Crippen LogP contribution in [0, 0.1) is 5.82 Å². The summed E-state index contributed by atoms with van der Waals surface area (Å²) in [4.78, 5) is 22.9. The summed E-state index contributed by atoms with van der Waals surface area (Å²) in [6.45, 7) is 1.71. The Morgan fingerprint density at radius 2 is 2.04 bits per heavy atom. The molecule has 7 nitrogen and oxygen atoms in total. The predicted molar refractivity (Wildman–Crippen MR) is 86.8 cm³/mol. The molecule has 1 aliphatic heterocycles. The molecular formula is C16H18FO7P. The van der Waals surface area contributed by atoms with Crippen molar-refractivity contribution in [3.05, 3.63) is 35.2 Å². The molecule has 1 heterocycles. The molecule has 1 aliphatic rings. The second-order valence-electron chi connectivity index (χ2n) is 5.08. The van der Waals surface area contributed by atoms with Gasteiger partial charge in [0.15, 0.2) is 0 Å². The Bertz CT molecular complexity index is 759. The summed E-state index contributed by atoms with van der Waals surface area (Å²) in [6, 6.07) is 2.24. The van der Waals surface area contributed by atoms with E-state index in [9.17, 15) is 18.5 Å². The summed E-state index contributed by atoms with van der Waals surface area (Å²) in [6.07, 6.45) is 1.12. The summed E-state index contributed by atoms with van der Waals surface area (Å²) in [5, 5.41) is 0.129. The zero-order valence-electron chi connectivity index (χ0n) is 14.0. The second kappa shape index (κ2) is 7.91. The summed E-state index contributed by atoms with van der Waals surface area (Å²) in [7, 11) is -1.38. The quantitative estimate of drug-likeness (QED) is 0.431. The first-order chi connectivity index (χ1) is 11.8. The average Bonchev–Trinajstić information content (AvgIpc) is 2.84. The Morgan fingerprint density at radius 1 is 1.32 bits per heavy atom. The predicted octanol–water partition coefficient (Wildman–Crippen LogP) is 2.50. The molecule has 0 aromatic heterocycles. The van der Waals surface area contributed by atoms with Crippen molar-refractivity contribution in [3.8, 4) is 0 Å². The topological polar surface area (TPSA) is 88.1 Å². The third-order valence-electron chi connectivity index (χ3n) is 3.50.